The Morgan fingerprint density at radius 1 is 1.16 bits per heavy atom. The van der Waals surface area contributed by atoms with Gasteiger partial charge >= 0.3 is 0 Å². The van der Waals surface area contributed by atoms with Crippen molar-refractivity contribution in [2.24, 2.45) is 40.2 Å². The van der Waals surface area contributed by atoms with Gasteiger partial charge in [0.05, 0.1) is 18.4 Å². The third-order valence-electron chi connectivity index (χ3n) is 10.1. The van der Waals surface area contributed by atoms with E-state index >= 15 is 0 Å². The van der Waals surface area contributed by atoms with Crippen LogP contribution in [0.25, 0.3) is 0 Å². The van der Waals surface area contributed by atoms with Gasteiger partial charge in [0.2, 0.25) is 0 Å². The molecule has 0 unspecified atom stereocenters. The first-order valence-electron chi connectivity index (χ1n) is 13.1. The molecule has 2 aliphatic heterocycles. The number of ether oxygens (including phenoxy) is 1. The summed E-state index contributed by atoms with van der Waals surface area (Å²) in [4.78, 5) is 5.13. The van der Waals surface area contributed by atoms with Crippen molar-refractivity contribution >= 4 is 5.71 Å². The Hall–Kier alpha value is -0.870. The summed E-state index contributed by atoms with van der Waals surface area (Å²) in [7, 11) is 1.69. The van der Waals surface area contributed by atoms with Crippen LogP contribution in [0.4, 0.5) is 0 Å². The average Bonchev–Trinajstić information content (AvgIpc) is 3.14. The van der Waals surface area contributed by atoms with Crippen molar-refractivity contribution in [3.8, 4) is 0 Å². The van der Waals surface area contributed by atoms with E-state index in [0.29, 0.717) is 17.6 Å². The van der Waals surface area contributed by atoms with Gasteiger partial charge in [0.25, 0.3) is 0 Å². The number of oxime groups is 1. The maximum Gasteiger partial charge on any atom is 0.106 e. The van der Waals surface area contributed by atoms with Gasteiger partial charge < -0.3 is 14.9 Å². The minimum absolute atomic E-state index is 0.401. The zero-order valence-electron chi connectivity index (χ0n) is 20.3. The fraction of sp³-hybridized carbons (Fsp3) is 0.889. The normalized spacial score (nSPS) is 49.5. The zero-order valence-corrected chi connectivity index (χ0v) is 20.3. The van der Waals surface area contributed by atoms with Crippen molar-refractivity contribution in [1.82, 2.24) is 5.32 Å². The Kier molecular flexibility index (Phi) is 6.24. The number of fused-ring (bicyclic) bond motifs is 6. The molecule has 0 spiro atoms. The van der Waals surface area contributed by atoms with Crippen molar-refractivity contribution in [1.29, 1.82) is 0 Å². The predicted octanol–water partition coefficient (Wildman–Crippen LogP) is 5.72. The van der Waals surface area contributed by atoms with E-state index in [2.05, 4.69) is 31.2 Å². The Labute approximate surface area is 189 Å². The highest BCUT2D eigenvalue weighted by molar-refractivity contribution is 5.85. The summed E-state index contributed by atoms with van der Waals surface area (Å²) in [6, 6.07) is 0.563. The minimum atomic E-state index is 0.401. The highest BCUT2D eigenvalue weighted by Crippen LogP contribution is 2.63. The van der Waals surface area contributed by atoms with Crippen LogP contribution in [0, 0.1) is 35.0 Å². The maximum absolute atomic E-state index is 6.59. The van der Waals surface area contributed by atoms with Gasteiger partial charge in [0.15, 0.2) is 0 Å². The summed E-state index contributed by atoms with van der Waals surface area (Å²) in [5.41, 5.74) is 5.13. The summed E-state index contributed by atoms with van der Waals surface area (Å²) in [5.74, 6) is 4.07. The number of rotatable bonds is 1. The van der Waals surface area contributed by atoms with Crippen molar-refractivity contribution in [3.05, 3.63) is 11.1 Å². The van der Waals surface area contributed by atoms with Gasteiger partial charge in [-0.05, 0) is 112 Å². The fourth-order valence-electron chi connectivity index (χ4n) is 8.33. The molecule has 2 heterocycles. The van der Waals surface area contributed by atoms with Crippen molar-refractivity contribution in [2.45, 2.75) is 97.1 Å². The molecule has 3 saturated carbocycles. The van der Waals surface area contributed by atoms with Crippen molar-refractivity contribution in [3.63, 3.8) is 0 Å². The SMILES string of the molecule is CO/N=C1\CC[C@@]2(C)[C@H](CC[C@H]3[C@@H]4CCC[C@@H]5NC[C@@H](C)C[C@H]5OC/C(C)=C\4C[C@@H]32)C1. The van der Waals surface area contributed by atoms with Gasteiger partial charge in [0, 0.05) is 6.04 Å². The molecule has 1 saturated heterocycles. The summed E-state index contributed by atoms with van der Waals surface area (Å²) >= 11 is 0. The number of hydrogen-bond acceptors (Lipinski definition) is 4. The van der Waals surface area contributed by atoms with E-state index in [1.165, 1.54) is 57.1 Å². The van der Waals surface area contributed by atoms with Crippen molar-refractivity contribution < 1.29 is 9.57 Å². The average molecular weight is 429 g/mol. The molecule has 31 heavy (non-hydrogen) atoms. The largest absolute Gasteiger partial charge is 0.399 e. The van der Waals surface area contributed by atoms with Gasteiger partial charge in [-0.3, -0.25) is 0 Å². The van der Waals surface area contributed by atoms with Crippen LogP contribution in [0.3, 0.4) is 0 Å². The number of nitrogens with one attached hydrogen (secondary N) is 1. The first-order valence-corrected chi connectivity index (χ1v) is 13.1. The number of hydrogen-bond donors (Lipinski definition) is 1. The van der Waals surface area contributed by atoms with Crippen LogP contribution in [-0.2, 0) is 9.57 Å². The molecule has 174 valence electrons. The van der Waals surface area contributed by atoms with Gasteiger partial charge in [-0.25, -0.2) is 0 Å². The Morgan fingerprint density at radius 2 is 2.03 bits per heavy atom. The lowest BCUT2D eigenvalue weighted by atomic mass is 9.52. The van der Waals surface area contributed by atoms with Crippen LogP contribution in [0.15, 0.2) is 16.3 Å². The van der Waals surface area contributed by atoms with Crippen molar-refractivity contribution in [2.75, 3.05) is 20.3 Å². The molecule has 0 radical (unpaired) electrons. The van der Waals surface area contributed by atoms with Crippen LogP contribution in [0.2, 0.25) is 0 Å². The Morgan fingerprint density at radius 3 is 2.87 bits per heavy atom. The molecule has 0 aromatic rings. The second-order valence-corrected chi connectivity index (χ2v) is 11.8. The highest BCUT2D eigenvalue weighted by atomic mass is 16.6. The van der Waals surface area contributed by atoms with E-state index in [-0.39, 0.29) is 0 Å². The van der Waals surface area contributed by atoms with Crippen LogP contribution in [0.5, 0.6) is 0 Å². The number of allylic oxidation sites excluding steroid dienone is 1. The second kappa shape index (κ2) is 8.82. The Bertz CT molecular complexity index is 731. The minimum Gasteiger partial charge on any atom is -0.399 e. The van der Waals surface area contributed by atoms with Crippen LogP contribution in [-0.4, -0.2) is 38.1 Å². The molecular formula is C27H44N2O2. The third-order valence-corrected chi connectivity index (χ3v) is 10.1. The predicted molar refractivity (Wildman–Crippen MR) is 126 cm³/mol. The van der Waals surface area contributed by atoms with E-state index in [9.17, 15) is 0 Å². The standard InChI is InChI=1S/C27H44N2O2/c1-17-12-26-25(28-15-17)7-5-6-21-22-9-8-19-13-20(29-30-4)10-11-27(19,3)24(22)14-23(21)18(2)16-31-26/h17,19,21-22,24-26,28H,5-16H2,1-4H3/b23-18-,29-20+/t17-,19+,21-,22-,24-,25-,26+,27-/m0/s1. The zero-order chi connectivity index (χ0) is 21.6. The van der Waals surface area contributed by atoms with E-state index in [1.54, 1.807) is 18.3 Å². The topological polar surface area (TPSA) is 42.8 Å². The molecule has 4 heteroatoms. The van der Waals surface area contributed by atoms with E-state index < -0.39 is 0 Å². The summed E-state index contributed by atoms with van der Waals surface area (Å²) in [6.45, 7) is 9.39. The lowest BCUT2D eigenvalue weighted by molar-refractivity contribution is -0.0117. The molecule has 1 N–H and O–H groups in total. The van der Waals surface area contributed by atoms with Crippen LogP contribution in [0.1, 0.15) is 85.0 Å². The van der Waals surface area contributed by atoms with E-state index in [4.69, 9.17) is 9.57 Å². The van der Waals surface area contributed by atoms with Crippen LogP contribution < -0.4 is 5.32 Å². The smallest absolute Gasteiger partial charge is 0.106 e. The quantitative estimate of drug-likeness (QED) is 0.429. The molecule has 4 fully saturated rings. The lowest BCUT2D eigenvalue weighted by Gasteiger charge is -2.52. The molecule has 0 bridgehead atoms. The van der Waals surface area contributed by atoms with E-state index in [0.717, 1.165) is 55.6 Å². The molecule has 0 amide bonds. The maximum atomic E-state index is 6.59. The first kappa shape index (κ1) is 21.9. The van der Waals surface area contributed by atoms with Gasteiger partial charge in [-0.15, -0.1) is 0 Å². The third kappa shape index (κ3) is 4.01. The van der Waals surface area contributed by atoms with Crippen LogP contribution >= 0.6 is 0 Å². The Balaban J connectivity index is 1.37. The highest BCUT2D eigenvalue weighted by Gasteiger charge is 2.55. The van der Waals surface area contributed by atoms with E-state index in [1.807, 2.05) is 0 Å². The number of piperidine rings is 1. The molecule has 3 aliphatic carbocycles. The molecule has 0 aromatic carbocycles. The first-order chi connectivity index (χ1) is 15.0. The molecule has 8 atom stereocenters. The van der Waals surface area contributed by atoms with Gasteiger partial charge in [0.1, 0.15) is 7.11 Å². The fourth-order valence-corrected chi connectivity index (χ4v) is 8.33. The molecule has 0 aromatic heterocycles. The summed E-state index contributed by atoms with van der Waals surface area (Å²) < 4.78 is 6.59. The second-order valence-electron chi connectivity index (χ2n) is 11.8. The summed E-state index contributed by atoms with van der Waals surface area (Å²) in [5, 5.41) is 8.16. The number of nitrogens with zero attached hydrogens (tertiary/aromatic N) is 1. The molecular weight excluding hydrogens is 384 g/mol. The molecule has 5 aliphatic rings. The van der Waals surface area contributed by atoms with Gasteiger partial charge in [-0.2, -0.15) is 0 Å². The monoisotopic (exact) mass is 428 g/mol. The molecule has 5 rings (SSSR count). The lowest BCUT2D eigenvalue weighted by Crippen LogP contribution is -2.49. The summed E-state index contributed by atoms with van der Waals surface area (Å²) in [6.07, 6.45) is 13.4. The van der Waals surface area contributed by atoms with Gasteiger partial charge in [-0.1, -0.05) is 31.0 Å². The molecule has 4 nitrogen and oxygen atoms in total.